The number of hydrogen-bond acceptors (Lipinski definition) is 2. The first-order chi connectivity index (χ1) is 7.99. The van der Waals surface area contributed by atoms with Gasteiger partial charge in [-0.05, 0) is 43.9 Å². The molecule has 0 saturated heterocycles. The Kier molecular flexibility index (Phi) is 5.10. The number of carboxylic acids is 1. The van der Waals surface area contributed by atoms with Crippen molar-refractivity contribution in [2.75, 3.05) is 0 Å². The molecule has 0 aliphatic rings. The highest BCUT2D eigenvalue weighted by Crippen LogP contribution is 2.16. The van der Waals surface area contributed by atoms with Gasteiger partial charge in [-0.15, -0.1) is 0 Å². The van der Waals surface area contributed by atoms with Crippen molar-refractivity contribution in [3.8, 4) is 0 Å². The molecule has 2 N–H and O–H groups in total. The molecule has 0 radical (unpaired) electrons. The molecule has 0 spiro atoms. The quantitative estimate of drug-likeness (QED) is 0.801. The maximum atomic E-state index is 12.7. The summed E-state index contributed by atoms with van der Waals surface area (Å²) in [6.45, 7) is 1.64. The number of aliphatic hydroxyl groups excluding tert-OH is 1. The van der Waals surface area contributed by atoms with Crippen LogP contribution in [0.4, 0.5) is 4.39 Å². The van der Waals surface area contributed by atoms with Crippen molar-refractivity contribution in [2.24, 2.45) is 5.92 Å². The predicted octanol–water partition coefficient (Wildman–Crippen LogP) is 2.23. The van der Waals surface area contributed by atoms with Gasteiger partial charge in [-0.2, -0.15) is 0 Å². The average Bonchev–Trinajstić information content (AvgIpc) is 2.26. The maximum Gasteiger partial charge on any atom is 0.306 e. The monoisotopic (exact) mass is 240 g/mol. The SMILES string of the molecule is CC(O)CCC(Cc1ccc(F)cc1)C(=O)O. The topological polar surface area (TPSA) is 57.5 Å². The van der Waals surface area contributed by atoms with Gasteiger partial charge in [-0.25, -0.2) is 4.39 Å². The van der Waals surface area contributed by atoms with Gasteiger partial charge in [0.15, 0.2) is 0 Å². The number of carbonyl (C=O) groups is 1. The van der Waals surface area contributed by atoms with Gasteiger partial charge in [0.2, 0.25) is 0 Å². The highest BCUT2D eigenvalue weighted by atomic mass is 19.1. The van der Waals surface area contributed by atoms with Gasteiger partial charge in [0.05, 0.1) is 12.0 Å². The van der Waals surface area contributed by atoms with Gasteiger partial charge in [0, 0.05) is 0 Å². The lowest BCUT2D eigenvalue weighted by Gasteiger charge is -2.13. The molecule has 0 bridgehead atoms. The summed E-state index contributed by atoms with van der Waals surface area (Å²) < 4.78 is 12.7. The predicted molar refractivity (Wildman–Crippen MR) is 62.1 cm³/mol. The zero-order valence-electron chi connectivity index (χ0n) is 9.77. The minimum Gasteiger partial charge on any atom is -0.481 e. The second-order valence-corrected chi connectivity index (χ2v) is 4.29. The fraction of sp³-hybridized carbons (Fsp3) is 0.462. The van der Waals surface area contributed by atoms with Crippen molar-refractivity contribution in [3.63, 3.8) is 0 Å². The van der Waals surface area contributed by atoms with E-state index in [1.165, 1.54) is 12.1 Å². The van der Waals surface area contributed by atoms with Crippen LogP contribution in [0.3, 0.4) is 0 Å². The lowest BCUT2D eigenvalue weighted by molar-refractivity contribution is -0.142. The zero-order valence-corrected chi connectivity index (χ0v) is 9.77. The number of rotatable bonds is 6. The summed E-state index contributed by atoms with van der Waals surface area (Å²) in [6.07, 6.45) is 0.746. The summed E-state index contributed by atoms with van der Waals surface area (Å²) in [5.74, 6) is -1.74. The standard InChI is InChI=1S/C13H17FO3/c1-9(15)2-5-11(13(16)17)8-10-3-6-12(14)7-4-10/h3-4,6-7,9,11,15H,2,5,8H2,1H3,(H,16,17). The van der Waals surface area contributed by atoms with Crippen LogP contribution >= 0.6 is 0 Å². The molecule has 4 heteroatoms. The van der Waals surface area contributed by atoms with Gasteiger partial charge in [-0.1, -0.05) is 12.1 Å². The summed E-state index contributed by atoms with van der Waals surface area (Å²) in [7, 11) is 0. The molecule has 17 heavy (non-hydrogen) atoms. The van der Waals surface area contributed by atoms with E-state index in [4.69, 9.17) is 10.2 Å². The van der Waals surface area contributed by atoms with Crippen LogP contribution in [0.15, 0.2) is 24.3 Å². The van der Waals surface area contributed by atoms with E-state index in [0.29, 0.717) is 19.3 Å². The van der Waals surface area contributed by atoms with Crippen molar-refractivity contribution < 1.29 is 19.4 Å². The van der Waals surface area contributed by atoms with E-state index in [1.807, 2.05) is 0 Å². The van der Waals surface area contributed by atoms with E-state index in [-0.39, 0.29) is 5.82 Å². The molecule has 94 valence electrons. The summed E-state index contributed by atoms with van der Waals surface area (Å²) in [4.78, 5) is 11.0. The lowest BCUT2D eigenvalue weighted by atomic mass is 9.94. The van der Waals surface area contributed by atoms with E-state index < -0.39 is 18.0 Å². The summed E-state index contributed by atoms with van der Waals surface area (Å²) in [6, 6.07) is 5.83. The molecule has 1 aromatic rings. The number of carboxylic acid groups (broad SMARTS) is 1. The zero-order chi connectivity index (χ0) is 12.8. The number of aliphatic hydroxyl groups is 1. The van der Waals surface area contributed by atoms with E-state index in [1.54, 1.807) is 19.1 Å². The molecular weight excluding hydrogens is 223 g/mol. The summed E-state index contributed by atoms with van der Waals surface area (Å²) in [5, 5.41) is 18.2. The van der Waals surface area contributed by atoms with Gasteiger partial charge in [-0.3, -0.25) is 4.79 Å². The molecule has 0 amide bonds. The molecule has 0 aromatic heterocycles. The second-order valence-electron chi connectivity index (χ2n) is 4.29. The van der Waals surface area contributed by atoms with Crippen LogP contribution in [0, 0.1) is 11.7 Å². The van der Waals surface area contributed by atoms with Crippen LogP contribution in [0.1, 0.15) is 25.3 Å². The van der Waals surface area contributed by atoms with Crippen LogP contribution in [0.2, 0.25) is 0 Å². The Hall–Kier alpha value is -1.42. The highest BCUT2D eigenvalue weighted by molar-refractivity contribution is 5.70. The Bertz CT molecular complexity index is 359. The van der Waals surface area contributed by atoms with Crippen molar-refractivity contribution in [3.05, 3.63) is 35.6 Å². The largest absolute Gasteiger partial charge is 0.481 e. The molecule has 0 heterocycles. The second kappa shape index (κ2) is 6.35. The van der Waals surface area contributed by atoms with Crippen molar-refractivity contribution in [1.82, 2.24) is 0 Å². The summed E-state index contributed by atoms with van der Waals surface area (Å²) in [5.41, 5.74) is 0.796. The Morgan fingerprint density at radius 1 is 1.29 bits per heavy atom. The molecule has 0 saturated carbocycles. The van der Waals surface area contributed by atoms with Gasteiger partial charge >= 0.3 is 5.97 Å². The first kappa shape index (κ1) is 13.6. The van der Waals surface area contributed by atoms with E-state index in [2.05, 4.69) is 0 Å². The molecule has 1 rings (SSSR count). The third-order valence-electron chi connectivity index (χ3n) is 2.68. The fourth-order valence-corrected chi connectivity index (χ4v) is 1.66. The number of aliphatic carboxylic acids is 1. The van der Waals surface area contributed by atoms with Crippen molar-refractivity contribution >= 4 is 5.97 Å². The third kappa shape index (κ3) is 4.95. The smallest absolute Gasteiger partial charge is 0.306 e. The molecule has 0 aliphatic carbocycles. The maximum absolute atomic E-state index is 12.7. The molecule has 0 aliphatic heterocycles. The first-order valence-electron chi connectivity index (χ1n) is 5.64. The van der Waals surface area contributed by atoms with Gasteiger partial charge in [0.1, 0.15) is 5.82 Å². The van der Waals surface area contributed by atoms with E-state index >= 15 is 0 Å². The molecule has 0 fully saturated rings. The number of benzene rings is 1. The minimum absolute atomic E-state index is 0.329. The fourth-order valence-electron chi connectivity index (χ4n) is 1.66. The van der Waals surface area contributed by atoms with Crippen LogP contribution in [-0.4, -0.2) is 22.3 Å². The number of halogens is 1. The van der Waals surface area contributed by atoms with Crippen LogP contribution in [0.5, 0.6) is 0 Å². The highest BCUT2D eigenvalue weighted by Gasteiger charge is 2.18. The third-order valence-corrected chi connectivity index (χ3v) is 2.68. The Labute approximate surface area is 99.9 Å². The minimum atomic E-state index is -0.880. The molecule has 2 unspecified atom stereocenters. The van der Waals surface area contributed by atoms with E-state index in [0.717, 1.165) is 5.56 Å². The van der Waals surface area contributed by atoms with Gasteiger partial charge < -0.3 is 10.2 Å². The van der Waals surface area contributed by atoms with Crippen LogP contribution < -0.4 is 0 Å². The number of hydrogen-bond donors (Lipinski definition) is 2. The normalized spacial score (nSPS) is 14.3. The van der Waals surface area contributed by atoms with Crippen molar-refractivity contribution in [1.29, 1.82) is 0 Å². The molecule has 1 aromatic carbocycles. The molecule has 2 atom stereocenters. The van der Waals surface area contributed by atoms with Crippen LogP contribution in [0.25, 0.3) is 0 Å². The van der Waals surface area contributed by atoms with E-state index in [9.17, 15) is 9.18 Å². The summed E-state index contributed by atoms with van der Waals surface area (Å²) >= 11 is 0. The first-order valence-corrected chi connectivity index (χ1v) is 5.64. The lowest BCUT2D eigenvalue weighted by Crippen LogP contribution is -2.18. The van der Waals surface area contributed by atoms with Crippen LogP contribution in [-0.2, 0) is 11.2 Å². The Balaban J connectivity index is 2.60. The van der Waals surface area contributed by atoms with Gasteiger partial charge in [0.25, 0.3) is 0 Å². The van der Waals surface area contributed by atoms with Crippen molar-refractivity contribution in [2.45, 2.75) is 32.3 Å². The molecule has 3 nitrogen and oxygen atoms in total. The average molecular weight is 240 g/mol. The Morgan fingerprint density at radius 3 is 2.35 bits per heavy atom. The Morgan fingerprint density at radius 2 is 1.88 bits per heavy atom. The molecular formula is C13H17FO3.